The van der Waals surface area contributed by atoms with Crippen molar-refractivity contribution in [3.63, 3.8) is 0 Å². The van der Waals surface area contributed by atoms with Gasteiger partial charge in [0, 0.05) is 33.9 Å². The van der Waals surface area contributed by atoms with Crippen molar-refractivity contribution in [2.45, 2.75) is 5.60 Å². The van der Waals surface area contributed by atoms with Crippen molar-refractivity contribution in [1.29, 1.82) is 0 Å². The van der Waals surface area contributed by atoms with Gasteiger partial charge < -0.3 is 15.4 Å². The van der Waals surface area contributed by atoms with Gasteiger partial charge in [0.1, 0.15) is 11.6 Å². The lowest BCUT2D eigenvalue weighted by molar-refractivity contribution is -0.129. The third kappa shape index (κ3) is 1.55. The minimum Gasteiger partial charge on any atom is -0.372 e. The Labute approximate surface area is 123 Å². The first-order valence-corrected chi connectivity index (χ1v) is 6.61. The molecule has 0 saturated carbocycles. The van der Waals surface area contributed by atoms with Gasteiger partial charge in [0.15, 0.2) is 5.60 Å². The molecule has 3 N–H and O–H groups in total. The lowest BCUT2D eigenvalue weighted by Crippen LogP contribution is -2.35. The van der Waals surface area contributed by atoms with Gasteiger partial charge in [-0.1, -0.05) is 0 Å². The summed E-state index contributed by atoms with van der Waals surface area (Å²) in [6, 6.07) is 7.69. The Kier molecular flexibility index (Phi) is 2.44. The van der Waals surface area contributed by atoms with E-state index in [0.29, 0.717) is 16.6 Å². The number of amides is 1. The number of H-pyrrole nitrogens is 1. The van der Waals surface area contributed by atoms with E-state index in [0.717, 1.165) is 6.07 Å². The summed E-state index contributed by atoms with van der Waals surface area (Å²) in [5, 5.41) is 13.9. The number of rotatable bonds is 1. The van der Waals surface area contributed by atoms with Crippen LogP contribution in [0.2, 0.25) is 0 Å². The maximum Gasteiger partial charge on any atom is 0.265 e. The Morgan fingerprint density at radius 1 is 1.00 bits per heavy atom. The number of halogens is 2. The van der Waals surface area contributed by atoms with Gasteiger partial charge in [0.05, 0.1) is 0 Å². The number of carbonyl (C=O) groups excluding carboxylic acids is 1. The normalized spacial score (nSPS) is 20.2. The molecule has 0 saturated heterocycles. The third-order valence-corrected chi connectivity index (χ3v) is 3.98. The minimum absolute atomic E-state index is 0.114. The van der Waals surface area contributed by atoms with Crippen LogP contribution in [0.4, 0.5) is 14.5 Å². The average molecular weight is 300 g/mol. The second kappa shape index (κ2) is 4.14. The van der Waals surface area contributed by atoms with Crippen LogP contribution in [0.3, 0.4) is 0 Å². The predicted octanol–water partition coefficient (Wildman–Crippen LogP) is 2.63. The number of anilines is 1. The largest absolute Gasteiger partial charge is 0.372 e. The molecule has 6 heteroatoms. The predicted molar refractivity (Wildman–Crippen MR) is 76.3 cm³/mol. The van der Waals surface area contributed by atoms with Crippen molar-refractivity contribution in [2.24, 2.45) is 0 Å². The molecule has 2 aromatic carbocycles. The highest BCUT2D eigenvalue weighted by Crippen LogP contribution is 2.43. The van der Waals surface area contributed by atoms with Crippen molar-refractivity contribution in [3.05, 3.63) is 65.4 Å². The van der Waals surface area contributed by atoms with Gasteiger partial charge in [-0.25, -0.2) is 8.78 Å². The fraction of sp³-hybridized carbons (Fsp3) is 0.0625. The van der Waals surface area contributed by atoms with Gasteiger partial charge in [-0.2, -0.15) is 0 Å². The van der Waals surface area contributed by atoms with E-state index in [4.69, 9.17) is 0 Å². The van der Waals surface area contributed by atoms with Crippen LogP contribution in [0.15, 0.2) is 42.6 Å². The van der Waals surface area contributed by atoms with E-state index >= 15 is 0 Å². The Balaban J connectivity index is 2.03. The Hall–Kier alpha value is -2.73. The molecule has 4 rings (SSSR count). The highest BCUT2D eigenvalue weighted by atomic mass is 19.1. The molecule has 3 aromatic rings. The van der Waals surface area contributed by atoms with Crippen LogP contribution in [0.5, 0.6) is 0 Å². The maximum atomic E-state index is 13.5. The van der Waals surface area contributed by atoms with Gasteiger partial charge in [-0.3, -0.25) is 4.79 Å². The van der Waals surface area contributed by atoms with Gasteiger partial charge in [0.25, 0.3) is 5.91 Å². The Morgan fingerprint density at radius 3 is 2.55 bits per heavy atom. The summed E-state index contributed by atoms with van der Waals surface area (Å²) >= 11 is 0. The van der Waals surface area contributed by atoms with E-state index in [-0.39, 0.29) is 11.1 Å². The summed E-state index contributed by atoms with van der Waals surface area (Å²) in [6.07, 6.45) is 1.43. The molecule has 22 heavy (non-hydrogen) atoms. The molecule has 2 heterocycles. The maximum absolute atomic E-state index is 13.5. The second-order valence-electron chi connectivity index (χ2n) is 5.25. The number of hydrogen-bond donors (Lipinski definition) is 3. The van der Waals surface area contributed by atoms with E-state index in [1.54, 1.807) is 0 Å². The van der Waals surface area contributed by atoms with E-state index in [1.165, 1.54) is 36.5 Å². The molecule has 110 valence electrons. The quantitative estimate of drug-likeness (QED) is 0.647. The molecule has 4 nitrogen and oxygen atoms in total. The van der Waals surface area contributed by atoms with Crippen molar-refractivity contribution < 1.29 is 18.7 Å². The molecule has 0 aliphatic carbocycles. The molecule has 0 bridgehead atoms. The number of carbonyl (C=O) groups is 1. The van der Waals surface area contributed by atoms with Crippen LogP contribution in [-0.4, -0.2) is 16.0 Å². The summed E-state index contributed by atoms with van der Waals surface area (Å²) in [4.78, 5) is 15.2. The lowest BCUT2D eigenvalue weighted by atomic mass is 9.87. The summed E-state index contributed by atoms with van der Waals surface area (Å²) in [7, 11) is 0. The van der Waals surface area contributed by atoms with E-state index < -0.39 is 23.1 Å². The number of hydrogen-bond acceptors (Lipinski definition) is 2. The van der Waals surface area contributed by atoms with Crippen LogP contribution < -0.4 is 5.32 Å². The molecule has 1 amide bonds. The monoisotopic (exact) mass is 300 g/mol. The van der Waals surface area contributed by atoms with Gasteiger partial charge in [-0.05, 0) is 36.4 Å². The van der Waals surface area contributed by atoms with Crippen molar-refractivity contribution >= 4 is 22.5 Å². The summed E-state index contributed by atoms with van der Waals surface area (Å²) in [6.45, 7) is 0. The van der Waals surface area contributed by atoms with Gasteiger partial charge in [-0.15, -0.1) is 0 Å². The molecule has 0 fully saturated rings. The Morgan fingerprint density at radius 2 is 1.73 bits per heavy atom. The highest BCUT2D eigenvalue weighted by molar-refractivity contribution is 6.09. The smallest absolute Gasteiger partial charge is 0.265 e. The van der Waals surface area contributed by atoms with E-state index in [9.17, 15) is 18.7 Å². The fourth-order valence-corrected chi connectivity index (χ4v) is 2.92. The van der Waals surface area contributed by atoms with E-state index in [1.807, 2.05) is 0 Å². The van der Waals surface area contributed by atoms with Crippen LogP contribution in [0.25, 0.3) is 10.9 Å². The molecule has 1 aliphatic rings. The molecular weight excluding hydrogens is 290 g/mol. The zero-order chi connectivity index (χ0) is 15.5. The van der Waals surface area contributed by atoms with Gasteiger partial charge in [0.2, 0.25) is 0 Å². The number of nitrogens with one attached hydrogen (secondary N) is 2. The van der Waals surface area contributed by atoms with Crippen molar-refractivity contribution in [2.75, 3.05) is 5.32 Å². The molecule has 1 unspecified atom stereocenters. The zero-order valence-electron chi connectivity index (χ0n) is 11.2. The topological polar surface area (TPSA) is 65.1 Å². The molecule has 0 spiro atoms. The van der Waals surface area contributed by atoms with Crippen LogP contribution >= 0.6 is 0 Å². The van der Waals surface area contributed by atoms with Gasteiger partial charge >= 0.3 is 0 Å². The Bertz CT molecular complexity index is 935. The standard InChI is InChI=1S/C16H10F2N2O2/c17-8-1-3-13-10(5-8)12(7-19-13)16(22)11-6-9(18)2-4-14(11)20-15(16)21/h1-7,19,22H,(H,20,21). The molecule has 1 aromatic heterocycles. The highest BCUT2D eigenvalue weighted by Gasteiger charge is 2.48. The number of aromatic amines is 1. The molecule has 1 atom stereocenters. The minimum atomic E-state index is -2.07. The first-order valence-electron chi connectivity index (χ1n) is 6.61. The SMILES string of the molecule is O=C1Nc2ccc(F)cc2C1(O)c1c[nH]c2ccc(F)cc12. The lowest BCUT2D eigenvalue weighted by Gasteiger charge is -2.20. The van der Waals surface area contributed by atoms with E-state index in [2.05, 4.69) is 10.3 Å². The second-order valence-corrected chi connectivity index (χ2v) is 5.25. The first-order chi connectivity index (χ1) is 10.5. The number of fused-ring (bicyclic) bond motifs is 2. The van der Waals surface area contributed by atoms with Crippen LogP contribution in [0, 0.1) is 11.6 Å². The summed E-state index contributed by atoms with van der Waals surface area (Å²) < 4.78 is 27.0. The molecular formula is C16H10F2N2O2. The summed E-state index contributed by atoms with van der Waals surface area (Å²) in [5.41, 5.74) is -0.864. The van der Waals surface area contributed by atoms with Crippen LogP contribution in [-0.2, 0) is 10.4 Å². The van der Waals surface area contributed by atoms with Crippen LogP contribution in [0.1, 0.15) is 11.1 Å². The number of benzene rings is 2. The van der Waals surface area contributed by atoms with Crippen molar-refractivity contribution in [3.8, 4) is 0 Å². The zero-order valence-corrected chi connectivity index (χ0v) is 11.2. The molecule has 1 aliphatic heterocycles. The summed E-state index contributed by atoms with van der Waals surface area (Å²) in [5.74, 6) is -1.76. The molecule has 0 radical (unpaired) electrons. The fourth-order valence-electron chi connectivity index (χ4n) is 2.92. The van der Waals surface area contributed by atoms with Crippen molar-refractivity contribution in [1.82, 2.24) is 4.98 Å². The number of aliphatic hydroxyl groups is 1. The average Bonchev–Trinajstić information content (AvgIpc) is 3.00. The first kappa shape index (κ1) is 13.0. The number of aromatic nitrogens is 1. The third-order valence-electron chi connectivity index (χ3n) is 3.98.